The molecule has 4 rings (SSSR count). The minimum atomic E-state index is -0.0619. The van der Waals surface area contributed by atoms with Crippen LogP contribution in [0, 0.1) is 0 Å². The Bertz CT molecular complexity index is 704. The van der Waals surface area contributed by atoms with Gasteiger partial charge < -0.3 is 14.6 Å². The van der Waals surface area contributed by atoms with Crippen molar-refractivity contribution in [1.82, 2.24) is 14.9 Å². The number of ether oxygens (including phenoxy) is 1. The van der Waals surface area contributed by atoms with Crippen molar-refractivity contribution in [3.8, 4) is 5.75 Å². The lowest BCUT2D eigenvalue weighted by atomic mass is 9.98. The van der Waals surface area contributed by atoms with Crippen molar-refractivity contribution in [1.29, 1.82) is 0 Å². The van der Waals surface area contributed by atoms with Gasteiger partial charge in [0.2, 0.25) is 0 Å². The molecule has 0 spiro atoms. The molecule has 2 aliphatic heterocycles. The molecular weight excluding hydrogens is 286 g/mol. The summed E-state index contributed by atoms with van der Waals surface area (Å²) < 4.78 is 8.24. The fraction of sp³-hybridized carbons (Fsp3) is 0.526. The van der Waals surface area contributed by atoms with Crippen molar-refractivity contribution in [2.75, 3.05) is 6.54 Å². The molecule has 0 aliphatic carbocycles. The molecular formula is C19H25N3O. The number of rotatable bonds is 4. The molecule has 4 nitrogen and oxygen atoms in total. The molecule has 2 aliphatic rings. The highest BCUT2D eigenvalue weighted by Crippen LogP contribution is 2.35. The Balaban J connectivity index is 1.36. The monoisotopic (exact) mass is 311 g/mol. The van der Waals surface area contributed by atoms with Crippen molar-refractivity contribution in [2.45, 2.75) is 57.7 Å². The van der Waals surface area contributed by atoms with Gasteiger partial charge in [0, 0.05) is 44.4 Å². The molecule has 0 amide bonds. The number of aryl methyl sites for hydroxylation is 1. The molecule has 0 saturated carbocycles. The zero-order valence-electron chi connectivity index (χ0n) is 14.0. The van der Waals surface area contributed by atoms with Crippen LogP contribution >= 0.6 is 0 Å². The first-order chi connectivity index (χ1) is 11.1. The number of hydrogen-bond donors (Lipinski definition) is 1. The van der Waals surface area contributed by atoms with Gasteiger partial charge in [-0.15, -0.1) is 0 Å². The van der Waals surface area contributed by atoms with E-state index in [0.29, 0.717) is 5.92 Å². The number of nitrogens with zero attached hydrogens (tertiary/aromatic N) is 2. The van der Waals surface area contributed by atoms with E-state index in [1.807, 2.05) is 6.20 Å². The molecule has 1 aromatic carbocycles. The first-order valence-corrected chi connectivity index (χ1v) is 8.63. The van der Waals surface area contributed by atoms with Gasteiger partial charge in [-0.05, 0) is 43.9 Å². The minimum absolute atomic E-state index is 0.0619. The summed E-state index contributed by atoms with van der Waals surface area (Å²) in [5, 5.41) is 3.62. The summed E-state index contributed by atoms with van der Waals surface area (Å²) in [7, 11) is 0. The Morgan fingerprint density at radius 2 is 2.30 bits per heavy atom. The molecule has 1 aromatic heterocycles. The Kier molecular flexibility index (Phi) is 3.64. The summed E-state index contributed by atoms with van der Waals surface area (Å²) >= 11 is 0. The molecule has 1 atom stereocenters. The summed E-state index contributed by atoms with van der Waals surface area (Å²) in [6.07, 6.45) is 7.51. The van der Waals surface area contributed by atoms with Crippen LogP contribution in [0.3, 0.4) is 0 Å². The third-order valence-electron chi connectivity index (χ3n) is 4.91. The van der Waals surface area contributed by atoms with Gasteiger partial charge in [-0.3, -0.25) is 0 Å². The number of aromatic nitrogens is 2. The molecule has 3 heterocycles. The highest BCUT2D eigenvalue weighted by atomic mass is 16.5. The number of fused-ring (bicyclic) bond motifs is 2. The van der Waals surface area contributed by atoms with Crippen LogP contribution < -0.4 is 10.1 Å². The molecule has 23 heavy (non-hydrogen) atoms. The fourth-order valence-corrected chi connectivity index (χ4v) is 3.86. The van der Waals surface area contributed by atoms with E-state index in [4.69, 9.17) is 4.74 Å². The lowest BCUT2D eigenvalue weighted by Crippen LogP contribution is -2.26. The van der Waals surface area contributed by atoms with Crippen LogP contribution in [0.1, 0.15) is 49.6 Å². The summed E-state index contributed by atoms with van der Waals surface area (Å²) in [5.41, 5.74) is 2.61. The maximum Gasteiger partial charge on any atom is 0.123 e. The van der Waals surface area contributed by atoms with Crippen molar-refractivity contribution in [3.05, 3.63) is 47.5 Å². The van der Waals surface area contributed by atoms with Crippen LogP contribution in [0.4, 0.5) is 0 Å². The van der Waals surface area contributed by atoms with E-state index >= 15 is 0 Å². The van der Waals surface area contributed by atoms with Crippen molar-refractivity contribution >= 4 is 0 Å². The Morgan fingerprint density at radius 3 is 3.22 bits per heavy atom. The zero-order chi connectivity index (χ0) is 15.9. The summed E-state index contributed by atoms with van der Waals surface area (Å²) in [6.45, 7) is 7.32. The van der Waals surface area contributed by atoms with Crippen LogP contribution in [-0.4, -0.2) is 21.7 Å². The smallest absolute Gasteiger partial charge is 0.123 e. The van der Waals surface area contributed by atoms with Crippen LogP contribution in [0.5, 0.6) is 5.75 Å². The topological polar surface area (TPSA) is 39.1 Å². The third kappa shape index (κ3) is 3.00. The van der Waals surface area contributed by atoms with Crippen molar-refractivity contribution in [3.63, 3.8) is 0 Å². The molecule has 0 saturated heterocycles. The third-order valence-corrected chi connectivity index (χ3v) is 4.91. The number of hydrogen-bond acceptors (Lipinski definition) is 3. The quantitative estimate of drug-likeness (QED) is 0.942. The molecule has 1 N–H and O–H groups in total. The highest BCUT2D eigenvalue weighted by Gasteiger charge is 2.29. The lowest BCUT2D eigenvalue weighted by molar-refractivity contribution is 0.138. The summed E-state index contributed by atoms with van der Waals surface area (Å²) in [4.78, 5) is 4.53. The predicted octanol–water partition coefficient (Wildman–Crippen LogP) is 3.26. The van der Waals surface area contributed by atoms with Gasteiger partial charge in [0.1, 0.15) is 17.2 Å². The fourth-order valence-electron chi connectivity index (χ4n) is 3.86. The SMILES string of the molecule is CC1(C)Cc2cc(CNC[C@H]3CCCn4ccnc43)ccc2O1. The predicted molar refractivity (Wildman–Crippen MR) is 90.8 cm³/mol. The van der Waals surface area contributed by atoms with Crippen LogP contribution in [-0.2, 0) is 19.5 Å². The molecule has 0 bridgehead atoms. The van der Waals surface area contributed by atoms with Gasteiger partial charge in [-0.25, -0.2) is 4.98 Å². The lowest BCUT2D eigenvalue weighted by Gasteiger charge is -2.23. The van der Waals surface area contributed by atoms with Gasteiger partial charge in [0.05, 0.1) is 0 Å². The molecule has 0 fully saturated rings. The maximum atomic E-state index is 5.95. The second-order valence-corrected chi connectivity index (χ2v) is 7.43. The van der Waals surface area contributed by atoms with Gasteiger partial charge in [0.25, 0.3) is 0 Å². The summed E-state index contributed by atoms with van der Waals surface area (Å²) in [6, 6.07) is 6.59. The molecule has 0 radical (unpaired) electrons. The van der Waals surface area contributed by atoms with Gasteiger partial charge in [-0.1, -0.05) is 12.1 Å². The van der Waals surface area contributed by atoms with Crippen molar-refractivity contribution in [2.24, 2.45) is 0 Å². The highest BCUT2D eigenvalue weighted by molar-refractivity contribution is 5.41. The molecule has 4 heteroatoms. The van der Waals surface area contributed by atoms with E-state index in [2.05, 4.69) is 53.1 Å². The Labute approximate surface area is 137 Å². The number of benzene rings is 1. The molecule has 122 valence electrons. The van der Waals surface area contributed by atoms with E-state index in [-0.39, 0.29) is 5.60 Å². The first kappa shape index (κ1) is 14.8. The van der Waals surface area contributed by atoms with Crippen LogP contribution in [0.25, 0.3) is 0 Å². The Morgan fingerprint density at radius 1 is 1.39 bits per heavy atom. The number of nitrogens with one attached hydrogen (secondary N) is 1. The average Bonchev–Trinajstić information content (AvgIpc) is 3.09. The second-order valence-electron chi connectivity index (χ2n) is 7.43. The Hall–Kier alpha value is -1.81. The van der Waals surface area contributed by atoms with E-state index < -0.39 is 0 Å². The largest absolute Gasteiger partial charge is 0.487 e. The molecule has 2 aromatic rings. The second kappa shape index (κ2) is 5.68. The van der Waals surface area contributed by atoms with E-state index in [1.165, 1.54) is 29.8 Å². The normalized spacial score (nSPS) is 21.6. The van der Waals surface area contributed by atoms with Crippen molar-refractivity contribution < 1.29 is 4.74 Å². The first-order valence-electron chi connectivity index (χ1n) is 8.63. The zero-order valence-corrected chi connectivity index (χ0v) is 14.0. The average molecular weight is 311 g/mol. The maximum absolute atomic E-state index is 5.95. The van der Waals surface area contributed by atoms with E-state index in [9.17, 15) is 0 Å². The van der Waals surface area contributed by atoms with E-state index in [0.717, 1.165) is 31.8 Å². The summed E-state index contributed by atoms with van der Waals surface area (Å²) in [5.74, 6) is 2.83. The molecule has 0 unspecified atom stereocenters. The van der Waals surface area contributed by atoms with Gasteiger partial charge >= 0.3 is 0 Å². The van der Waals surface area contributed by atoms with E-state index in [1.54, 1.807) is 0 Å². The number of imidazole rings is 1. The van der Waals surface area contributed by atoms with Crippen LogP contribution in [0.15, 0.2) is 30.6 Å². The van der Waals surface area contributed by atoms with Gasteiger partial charge in [0.15, 0.2) is 0 Å². The van der Waals surface area contributed by atoms with Crippen LogP contribution in [0.2, 0.25) is 0 Å². The minimum Gasteiger partial charge on any atom is -0.487 e. The van der Waals surface area contributed by atoms with Gasteiger partial charge in [-0.2, -0.15) is 0 Å². The standard InChI is InChI=1S/C19H25N3O/c1-19(2)11-16-10-14(5-6-17(16)23-19)12-20-13-15-4-3-8-22-9-7-21-18(15)22/h5-7,9-10,15,20H,3-4,8,11-13H2,1-2H3/t15-/m1/s1.